The molecule has 3 rings (SSSR count). The molecule has 1 aromatic carbocycles. The van der Waals surface area contributed by atoms with E-state index in [1.165, 1.54) is 11.8 Å². The molecule has 24 heavy (non-hydrogen) atoms. The molecule has 6 atom stereocenters. The zero-order valence-electron chi connectivity index (χ0n) is 14.2. The molecule has 0 bridgehead atoms. The van der Waals surface area contributed by atoms with Crippen molar-refractivity contribution in [3.05, 3.63) is 35.9 Å². The van der Waals surface area contributed by atoms with Gasteiger partial charge in [0.15, 0.2) is 11.4 Å². The van der Waals surface area contributed by atoms with E-state index in [0.717, 1.165) is 11.3 Å². The molecule has 3 unspecified atom stereocenters. The topological polar surface area (TPSA) is 44.8 Å². The van der Waals surface area contributed by atoms with E-state index < -0.39 is 6.29 Å². The average molecular weight is 369 g/mol. The van der Waals surface area contributed by atoms with Gasteiger partial charge in [-0.05, 0) is 5.75 Å². The number of hydrogen-bond donors (Lipinski definition) is 0. The zero-order chi connectivity index (χ0) is 17.1. The van der Waals surface area contributed by atoms with Gasteiger partial charge in [-0.1, -0.05) is 55.9 Å². The summed E-state index contributed by atoms with van der Waals surface area (Å²) < 4.78 is 18.4. The molecule has 2 aliphatic heterocycles. The molecular formula is C18H24O4S2. The van der Waals surface area contributed by atoms with Gasteiger partial charge < -0.3 is 14.2 Å². The van der Waals surface area contributed by atoms with Crippen LogP contribution in [0.5, 0.6) is 0 Å². The fraction of sp³-hybridized carbons (Fsp3) is 0.611. The fourth-order valence-electron chi connectivity index (χ4n) is 3.21. The number of ether oxygens (including phenoxy) is 3. The third-order valence-electron chi connectivity index (χ3n) is 4.34. The first kappa shape index (κ1) is 18.3. The first-order chi connectivity index (χ1) is 11.6. The van der Waals surface area contributed by atoms with E-state index in [-0.39, 0.29) is 33.9 Å². The van der Waals surface area contributed by atoms with Crippen molar-refractivity contribution in [1.82, 2.24) is 0 Å². The molecule has 0 spiro atoms. The van der Waals surface area contributed by atoms with Crippen LogP contribution >= 0.6 is 23.5 Å². The third-order valence-corrected chi connectivity index (χ3v) is 6.85. The maximum atomic E-state index is 11.8. The molecule has 6 heteroatoms. The number of fused-ring (bicyclic) bond motifs is 1. The van der Waals surface area contributed by atoms with Crippen LogP contribution in [0.15, 0.2) is 30.3 Å². The Kier molecular flexibility index (Phi) is 6.27. The molecule has 0 amide bonds. The van der Waals surface area contributed by atoms with Crippen molar-refractivity contribution < 1.29 is 19.0 Å². The van der Waals surface area contributed by atoms with E-state index in [0.29, 0.717) is 6.61 Å². The summed E-state index contributed by atoms with van der Waals surface area (Å²) in [5.74, 6) is 1.22. The molecule has 0 radical (unpaired) electrons. The summed E-state index contributed by atoms with van der Waals surface area (Å²) in [7, 11) is 0. The lowest BCUT2D eigenvalue weighted by atomic mass is 9.95. The molecule has 132 valence electrons. The van der Waals surface area contributed by atoms with Crippen LogP contribution in [0, 0.1) is 5.92 Å². The summed E-state index contributed by atoms with van der Waals surface area (Å²) in [5.41, 5.74) is 1.08. The van der Waals surface area contributed by atoms with E-state index in [9.17, 15) is 4.79 Å². The largest absolute Gasteiger partial charge is 0.359 e. The highest BCUT2D eigenvalue weighted by Gasteiger charge is 2.48. The molecule has 2 heterocycles. The zero-order valence-corrected chi connectivity index (χ0v) is 15.8. The van der Waals surface area contributed by atoms with Crippen LogP contribution in [-0.2, 0) is 19.0 Å². The van der Waals surface area contributed by atoms with Crippen LogP contribution in [0.3, 0.4) is 0 Å². The summed E-state index contributed by atoms with van der Waals surface area (Å²) in [6.07, 6.45) is -0.655. The van der Waals surface area contributed by atoms with E-state index in [4.69, 9.17) is 14.2 Å². The number of rotatable bonds is 4. The highest BCUT2D eigenvalue weighted by Crippen LogP contribution is 2.43. The molecule has 2 fully saturated rings. The van der Waals surface area contributed by atoms with E-state index in [1.807, 2.05) is 30.3 Å². The van der Waals surface area contributed by atoms with Gasteiger partial charge in [0.1, 0.15) is 17.6 Å². The maximum Gasteiger partial charge on any atom is 0.186 e. The molecule has 0 aromatic heterocycles. The van der Waals surface area contributed by atoms with Crippen LogP contribution in [0.4, 0.5) is 0 Å². The van der Waals surface area contributed by atoms with Crippen LogP contribution in [-0.4, -0.2) is 40.4 Å². The van der Waals surface area contributed by atoms with E-state index in [1.54, 1.807) is 18.7 Å². The molecule has 2 saturated heterocycles. The number of benzene rings is 1. The van der Waals surface area contributed by atoms with Crippen molar-refractivity contribution in [2.75, 3.05) is 12.4 Å². The van der Waals surface area contributed by atoms with Crippen molar-refractivity contribution in [1.29, 1.82) is 0 Å². The predicted octanol–water partition coefficient (Wildman–Crippen LogP) is 3.86. The Morgan fingerprint density at radius 2 is 2.00 bits per heavy atom. The summed E-state index contributed by atoms with van der Waals surface area (Å²) in [5, 5.41) is 0.208. The molecule has 0 saturated carbocycles. The van der Waals surface area contributed by atoms with Crippen molar-refractivity contribution in [2.24, 2.45) is 5.92 Å². The summed E-state index contributed by atoms with van der Waals surface area (Å²) in [6.45, 7) is 6.39. The SMILES string of the molecule is CCS[C@@H]1OC2COC(c3ccccc3)O[C@H]2[C@H](SC(C)=O)C1C. The number of carbonyl (C=O) groups is 1. The second-order valence-electron chi connectivity index (χ2n) is 6.11. The molecule has 0 aliphatic carbocycles. The lowest BCUT2D eigenvalue weighted by Gasteiger charge is -2.48. The van der Waals surface area contributed by atoms with E-state index in [2.05, 4.69) is 13.8 Å². The summed E-state index contributed by atoms with van der Waals surface area (Å²) >= 11 is 3.17. The minimum absolute atomic E-state index is 0.0774. The normalized spacial score (nSPS) is 36.1. The van der Waals surface area contributed by atoms with Crippen LogP contribution in [0.2, 0.25) is 0 Å². The molecule has 0 N–H and O–H groups in total. The van der Waals surface area contributed by atoms with Crippen LogP contribution in [0.1, 0.15) is 32.6 Å². The van der Waals surface area contributed by atoms with Crippen LogP contribution in [0.25, 0.3) is 0 Å². The molecule has 4 nitrogen and oxygen atoms in total. The lowest BCUT2D eigenvalue weighted by Crippen LogP contribution is -2.57. The van der Waals surface area contributed by atoms with Gasteiger partial charge in [-0.15, -0.1) is 11.8 Å². The van der Waals surface area contributed by atoms with Gasteiger partial charge in [-0.25, -0.2) is 0 Å². The van der Waals surface area contributed by atoms with Crippen molar-refractivity contribution >= 4 is 28.6 Å². The Hall–Kier alpha value is -0.530. The monoisotopic (exact) mass is 368 g/mol. The second-order valence-corrected chi connectivity index (χ2v) is 8.84. The lowest BCUT2D eigenvalue weighted by molar-refractivity contribution is -0.284. The Balaban J connectivity index is 1.79. The number of carbonyl (C=O) groups excluding carboxylic acids is 1. The minimum Gasteiger partial charge on any atom is -0.359 e. The summed E-state index contributed by atoms with van der Waals surface area (Å²) in [6, 6.07) is 9.93. The highest BCUT2D eigenvalue weighted by molar-refractivity contribution is 8.14. The van der Waals surface area contributed by atoms with Gasteiger partial charge in [0.05, 0.1) is 6.61 Å². The highest BCUT2D eigenvalue weighted by atomic mass is 32.2. The number of thioether (sulfide) groups is 2. The van der Waals surface area contributed by atoms with Crippen molar-refractivity contribution in [3.63, 3.8) is 0 Å². The Bertz CT molecular complexity index is 553. The Labute approximate surface area is 152 Å². The van der Waals surface area contributed by atoms with Gasteiger partial charge in [0.25, 0.3) is 0 Å². The van der Waals surface area contributed by atoms with Crippen molar-refractivity contribution in [3.8, 4) is 0 Å². The predicted molar refractivity (Wildman–Crippen MR) is 98.0 cm³/mol. The van der Waals surface area contributed by atoms with Gasteiger partial charge in [0.2, 0.25) is 0 Å². The smallest absolute Gasteiger partial charge is 0.186 e. The standard InChI is InChI=1S/C18H24O4S2/c1-4-23-18-11(2)16(24-12(3)19)15-14(21-18)10-20-17(22-15)13-8-6-5-7-9-13/h5-9,11,14-18H,4,10H2,1-3H3/t11?,14?,15-,16-,17?,18+/m1/s1. The average Bonchev–Trinajstić information content (AvgIpc) is 2.59. The molecule has 2 aliphatic rings. The Morgan fingerprint density at radius 3 is 2.67 bits per heavy atom. The first-order valence-electron chi connectivity index (χ1n) is 8.36. The van der Waals surface area contributed by atoms with Crippen LogP contribution < -0.4 is 0 Å². The minimum atomic E-state index is -0.395. The third kappa shape index (κ3) is 3.99. The van der Waals surface area contributed by atoms with Gasteiger partial charge in [-0.2, -0.15) is 0 Å². The first-order valence-corrected chi connectivity index (χ1v) is 10.3. The fourth-order valence-corrected chi connectivity index (χ4v) is 5.45. The maximum absolute atomic E-state index is 11.8. The number of hydrogen-bond acceptors (Lipinski definition) is 6. The quantitative estimate of drug-likeness (QED) is 0.804. The van der Waals surface area contributed by atoms with Gasteiger partial charge >= 0.3 is 0 Å². The molecule has 1 aromatic rings. The van der Waals surface area contributed by atoms with Gasteiger partial charge in [-0.3, -0.25) is 4.79 Å². The Morgan fingerprint density at radius 1 is 1.25 bits per heavy atom. The second kappa shape index (κ2) is 8.23. The van der Waals surface area contributed by atoms with Crippen molar-refractivity contribution in [2.45, 2.75) is 50.0 Å². The molecular weight excluding hydrogens is 344 g/mol. The summed E-state index contributed by atoms with van der Waals surface area (Å²) in [4.78, 5) is 11.8. The van der Waals surface area contributed by atoms with E-state index >= 15 is 0 Å². The van der Waals surface area contributed by atoms with Gasteiger partial charge in [0, 0.05) is 23.7 Å².